The van der Waals surface area contributed by atoms with Crippen molar-refractivity contribution >= 4 is 0 Å². The predicted octanol–water partition coefficient (Wildman–Crippen LogP) is 1.94. The van der Waals surface area contributed by atoms with Gasteiger partial charge in [0.25, 0.3) is 0 Å². The molecule has 0 aliphatic carbocycles. The van der Waals surface area contributed by atoms with Crippen molar-refractivity contribution in [1.82, 2.24) is 24.8 Å². The van der Waals surface area contributed by atoms with Gasteiger partial charge in [0, 0.05) is 35.9 Å². The summed E-state index contributed by atoms with van der Waals surface area (Å²) in [5.41, 5.74) is 3.28. The van der Waals surface area contributed by atoms with Crippen molar-refractivity contribution in [3.05, 3.63) is 47.6 Å². The first-order chi connectivity index (χ1) is 8.99. The Balaban J connectivity index is 0.000000200. The number of hydrogen-bond acceptors (Lipinski definition) is 5. The van der Waals surface area contributed by atoms with Gasteiger partial charge < -0.3 is 4.90 Å². The molecule has 0 spiro atoms. The van der Waals surface area contributed by atoms with Crippen LogP contribution in [-0.2, 0) is 6.54 Å². The second-order valence-electron chi connectivity index (χ2n) is 4.62. The lowest BCUT2D eigenvalue weighted by Gasteiger charge is -2.09. The van der Waals surface area contributed by atoms with Crippen molar-refractivity contribution in [2.45, 2.75) is 27.3 Å². The highest BCUT2D eigenvalue weighted by Crippen LogP contribution is 2.02. The van der Waals surface area contributed by atoms with Crippen molar-refractivity contribution in [2.24, 2.45) is 0 Å². The van der Waals surface area contributed by atoms with Crippen LogP contribution in [0, 0.1) is 20.8 Å². The molecule has 0 radical (unpaired) electrons. The fourth-order valence-corrected chi connectivity index (χ4v) is 1.49. The molecule has 2 rings (SSSR count). The topological polar surface area (TPSA) is 54.8 Å². The molecule has 0 aliphatic rings. The molecule has 0 saturated heterocycles. The summed E-state index contributed by atoms with van der Waals surface area (Å²) < 4.78 is 0. The average molecular weight is 259 g/mol. The Morgan fingerprint density at radius 3 is 2.32 bits per heavy atom. The van der Waals surface area contributed by atoms with Crippen LogP contribution in [-0.4, -0.2) is 38.9 Å². The van der Waals surface area contributed by atoms with Gasteiger partial charge in [-0.25, -0.2) is 19.9 Å². The molecule has 0 fully saturated rings. The Morgan fingerprint density at radius 1 is 1.11 bits per heavy atom. The van der Waals surface area contributed by atoms with E-state index in [4.69, 9.17) is 0 Å². The van der Waals surface area contributed by atoms with Crippen LogP contribution in [0.5, 0.6) is 0 Å². The van der Waals surface area contributed by atoms with Crippen LogP contribution < -0.4 is 0 Å². The van der Waals surface area contributed by atoms with Crippen molar-refractivity contribution in [3.63, 3.8) is 0 Å². The maximum atomic E-state index is 4.09. The summed E-state index contributed by atoms with van der Waals surface area (Å²) in [4.78, 5) is 18.1. The maximum Gasteiger partial charge on any atom is 0.125 e. The van der Waals surface area contributed by atoms with E-state index in [1.807, 2.05) is 47.1 Å². The molecule has 2 heterocycles. The minimum atomic E-state index is 0.838. The van der Waals surface area contributed by atoms with Crippen molar-refractivity contribution in [1.29, 1.82) is 0 Å². The van der Waals surface area contributed by atoms with Crippen LogP contribution in [0.3, 0.4) is 0 Å². The number of aromatic nitrogens is 4. The monoisotopic (exact) mass is 259 g/mol. The van der Waals surface area contributed by atoms with E-state index in [1.54, 1.807) is 12.5 Å². The van der Waals surface area contributed by atoms with Gasteiger partial charge in [-0.15, -0.1) is 0 Å². The fraction of sp³-hybridized carbons (Fsp3) is 0.429. The summed E-state index contributed by atoms with van der Waals surface area (Å²) in [6, 6.07) is 1.88. The molecular weight excluding hydrogens is 238 g/mol. The molecular formula is C14H21N5. The first kappa shape index (κ1) is 15.2. The minimum Gasteiger partial charge on any atom is -0.305 e. The molecule has 0 saturated carbocycles. The van der Waals surface area contributed by atoms with E-state index >= 15 is 0 Å². The van der Waals surface area contributed by atoms with Gasteiger partial charge in [0.2, 0.25) is 0 Å². The van der Waals surface area contributed by atoms with E-state index in [0.717, 1.165) is 23.8 Å². The SMILES string of the molecule is Cc1ccnc(C)n1.Cc1ncncc1CN(C)C. The summed E-state index contributed by atoms with van der Waals surface area (Å²) in [6.45, 7) is 6.74. The van der Waals surface area contributed by atoms with E-state index in [9.17, 15) is 0 Å². The summed E-state index contributed by atoms with van der Waals surface area (Å²) in [6.07, 6.45) is 5.20. The van der Waals surface area contributed by atoms with E-state index in [0.29, 0.717) is 0 Å². The minimum absolute atomic E-state index is 0.838. The Labute approximate surface area is 114 Å². The van der Waals surface area contributed by atoms with Crippen molar-refractivity contribution < 1.29 is 0 Å². The molecule has 19 heavy (non-hydrogen) atoms. The predicted molar refractivity (Wildman–Crippen MR) is 75.7 cm³/mol. The standard InChI is InChI=1S/C8H13N3.C6H8N2/c1-7-8(5-11(2)3)4-9-6-10-7;1-5-3-4-7-6(2)8-5/h4,6H,5H2,1-3H3;3-4H,1-2H3. The zero-order chi connectivity index (χ0) is 14.3. The van der Waals surface area contributed by atoms with Gasteiger partial charge in [-0.2, -0.15) is 0 Å². The summed E-state index contributed by atoms with van der Waals surface area (Å²) in [5, 5.41) is 0. The van der Waals surface area contributed by atoms with E-state index in [2.05, 4.69) is 24.8 Å². The lowest BCUT2D eigenvalue weighted by Crippen LogP contribution is -2.12. The first-order valence-corrected chi connectivity index (χ1v) is 6.15. The Hall–Kier alpha value is -1.88. The Bertz CT molecular complexity index is 493. The molecule has 0 N–H and O–H groups in total. The van der Waals surface area contributed by atoms with E-state index in [-0.39, 0.29) is 0 Å². The zero-order valence-corrected chi connectivity index (χ0v) is 12.3. The normalized spacial score (nSPS) is 10.0. The number of hydrogen-bond donors (Lipinski definition) is 0. The smallest absolute Gasteiger partial charge is 0.125 e. The summed E-state index contributed by atoms with van der Waals surface area (Å²) >= 11 is 0. The number of nitrogens with zero attached hydrogens (tertiary/aromatic N) is 5. The first-order valence-electron chi connectivity index (χ1n) is 6.15. The van der Waals surface area contributed by atoms with Gasteiger partial charge in [0.05, 0.1) is 0 Å². The quantitative estimate of drug-likeness (QED) is 0.825. The van der Waals surface area contributed by atoms with Crippen LogP contribution >= 0.6 is 0 Å². The molecule has 0 aliphatic heterocycles. The van der Waals surface area contributed by atoms with Crippen LogP contribution in [0.1, 0.15) is 22.8 Å². The average Bonchev–Trinajstić information content (AvgIpc) is 2.32. The van der Waals surface area contributed by atoms with E-state index < -0.39 is 0 Å². The molecule has 0 atom stereocenters. The highest BCUT2D eigenvalue weighted by molar-refractivity contribution is 5.13. The second kappa shape index (κ2) is 7.53. The van der Waals surface area contributed by atoms with Crippen LogP contribution in [0.2, 0.25) is 0 Å². The maximum absolute atomic E-state index is 4.09. The molecule has 5 nitrogen and oxygen atoms in total. The number of rotatable bonds is 2. The van der Waals surface area contributed by atoms with Crippen molar-refractivity contribution in [3.8, 4) is 0 Å². The Morgan fingerprint density at radius 2 is 1.84 bits per heavy atom. The van der Waals surface area contributed by atoms with Gasteiger partial charge >= 0.3 is 0 Å². The van der Waals surface area contributed by atoms with Gasteiger partial charge in [0.1, 0.15) is 12.2 Å². The fourth-order valence-electron chi connectivity index (χ4n) is 1.49. The van der Waals surface area contributed by atoms with Crippen molar-refractivity contribution in [2.75, 3.05) is 14.1 Å². The lowest BCUT2D eigenvalue weighted by atomic mass is 10.2. The van der Waals surface area contributed by atoms with Gasteiger partial charge in [-0.1, -0.05) is 0 Å². The third-order valence-corrected chi connectivity index (χ3v) is 2.41. The highest BCUT2D eigenvalue weighted by Gasteiger charge is 1.98. The molecule has 5 heteroatoms. The molecule has 2 aromatic rings. The number of aryl methyl sites for hydroxylation is 3. The van der Waals surface area contributed by atoms with E-state index in [1.165, 1.54) is 5.56 Å². The zero-order valence-electron chi connectivity index (χ0n) is 12.3. The van der Waals surface area contributed by atoms with Gasteiger partial charge in [-0.3, -0.25) is 0 Å². The van der Waals surface area contributed by atoms with Gasteiger partial charge in [-0.05, 0) is 40.9 Å². The second-order valence-corrected chi connectivity index (χ2v) is 4.62. The molecule has 0 aromatic carbocycles. The molecule has 102 valence electrons. The van der Waals surface area contributed by atoms with Crippen LogP contribution in [0.25, 0.3) is 0 Å². The molecule has 2 aromatic heterocycles. The summed E-state index contributed by atoms with van der Waals surface area (Å²) in [5.74, 6) is 0.838. The highest BCUT2D eigenvalue weighted by atomic mass is 15.1. The largest absolute Gasteiger partial charge is 0.305 e. The molecule has 0 amide bonds. The van der Waals surface area contributed by atoms with Crippen LogP contribution in [0.15, 0.2) is 24.8 Å². The Kier molecular flexibility index (Phi) is 6.02. The van der Waals surface area contributed by atoms with Crippen LogP contribution in [0.4, 0.5) is 0 Å². The third kappa shape index (κ3) is 6.01. The van der Waals surface area contributed by atoms with Gasteiger partial charge in [0.15, 0.2) is 0 Å². The molecule has 0 bridgehead atoms. The third-order valence-electron chi connectivity index (χ3n) is 2.41. The summed E-state index contributed by atoms with van der Waals surface area (Å²) in [7, 11) is 4.07. The lowest BCUT2D eigenvalue weighted by molar-refractivity contribution is 0.400. The molecule has 0 unspecified atom stereocenters.